The minimum absolute atomic E-state index is 0.113. The maximum atomic E-state index is 11.6. The summed E-state index contributed by atoms with van der Waals surface area (Å²) in [5, 5.41) is 2.81. The number of nitrogens with two attached hydrogens (primary N) is 1. The smallest absolute Gasteiger partial charge is 0.142 e. The van der Waals surface area contributed by atoms with Crippen LogP contribution < -0.4 is 5.73 Å². The minimum atomic E-state index is 0.113. The normalized spacial score (nSPS) is 12.7. The lowest BCUT2D eigenvalue weighted by atomic mass is 9.99. The molecule has 4 heteroatoms. The van der Waals surface area contributed by atoms with Gasteiger partial charge in [-0.25, -0.2) is 4.98 Å². The summed E-state index contributed by atoms with van der Waals surface area (Å²) in [6.45, 7) is 2.63. The number of rotatable bonds is 6. The Balaban J connectivity index is 2.34. The molecule has 3 nitrogen and oxygen atoms in total. The van der Waals surface area contributed by atoms with Gasteiger partial charge in [0.2, 0.25) is 0 Å². The van der Waals surface area contributed by atoms with Crippen LogP contribution in [0.15, 0.2) is 11.6 Å². The molecule has 0 bridgehead atoms. The number of carbonyl (C=O) groups excluding carboxylic acids is 1. The molecule has 14 heavy (non-hydrogen) atoms. The lowest BCUT2D eigenvalue weighted by Gasteiger charge is -2.07. The topological polar surface area (TPSA) is 56.0 Å². The van der Waals surface area contributed by atoms with Crippen molar-refractivity contribution in [3.63, 3.8) is 0 Å². The summed E-state index contributed by atoms with van der Waals surface area (Å²) in [5.41, 5.74) is 5.39. The van der Waals surface area contributed by atoms with Gasteiger partial charge in [-0.3, -0.25) is 4.79 Å². The molecule has 2 N–H and O–H groups in total. The summed E-state index contributed by atoms with van der Waals surface area (Å²) in [7, 11) is 0. The predicted octanol–water partition coefficient (Wildman–Crippen LogP) is 1.63. The highest BCUT2D eigenvalue weighted by molar-refractivity contribution is 7.09. The first kappa shape index (κ1) is 11.3. The van der Waals surface area contributed by atoms with Crippen molar-refractivity contribution >= 4 is 17.1 Å². The molecule has 78 valence electrons. The number of nitrogens with zero attached hydrogens (tertiary/aromatic N) is 1. The van der Waals surface area contributed by atoms with Gasteiger partial charge >= 0.3 is 0 Å². The highest BCUT2D eigenvalue weighted by atomic mass is 32.1. The standard InChI is InChI=1S/C10H16N2OS/c1-8(3-2-4-11)9(13)7-10-12-5-6-14-10/h5-6,8H,2-4,7,11H2,1H3. The molecular weight excluding hydrogens is 196 g/mol. The number of ketones is 1. The van der Waals surface area contributed by atoms with Crippen molar-refractivity contribution in [2.75, 3.05) is 6.54 Å². The zero-order chi connectivity index (χ0) is 10.4. The van der Waals surface area contributed by atoms with Crippen molar-refractivity contribution in [1.82, 2.24) is 4.98 Å². The van der Waals surface area contributed by atoms with Gasteiger partial charge in [0, 0.05) is 17.5 Å². The van der Waals surface area contributed by atoms with E-state index < -0.39 is 0 Å². The minimum Gasteiger partial charge on any atom is -0.330 e. The van der Waals surface area contributed by atoms with Crippen LogP contribution in [0.1, 0.15) is 24.8 Å². The number of hydrogen-bond donors (Lipinski definition) is 1. The van der Waals surface area contributed by atoms with Gasteiger partial charge in [-0.1, -0.05) is 6.92 Å². The lowest BCUT2D eigenvalue weighted by molar-refractivity contribution is -0.121. The van der Waals surface area contributed by atoms with E-state index in [2.05, 4.69) is 4.98 Å². The molecule has 0 aliphatic carbocycles. The van der Waals surface area contributed by atoms with E-state index in [4.69, 9.17) is 5.73 Å². The van der Waals surface area contributed by atoms with Crippen LogP contribution in [0.4, 0.5) is 0 Å². The van der Waals surface area contributed by atoms with Gasteiger partial charge < -0.3 is 5.73 Å². The molecule has 0 amide bonds. The molecule has 0 aliphatic heterocycles. The molecule has 1 atom stereocenters. The van der Waals surface area contributed by atoms with E-state index in [1.54, 1.807) is 6.20 Å². The highest BCUT2D eigenvalue weighted by Crippen LogP contribution is 2.12. The van der Waals surface area contributed by atoms with E-state index in [1.807, 2.05) is 12.3 Å². The Hall–Kier alpha value is -0.740. The van der Waals surface area contributed by atoms with E-state index in [-0.39, 0.29) is 11.7 Å². The van der Waals surface area contributed by atoms with E-state index in [0.717, 1.165) is 17.8 Å². The van der Waals surface area contributed by atoms with Gasteiger partial charge in [0.05, 0.1) is 11.4 Å². The van der Waals surface area contributed by atoms with Crippen LogP contribution in [0, 0.1) is 5.92 Å². The maximum Gasteiger partial charge on any atom is 0.142 e. The lowest BCUT2D eigenvalue weighted by Crippen LogP contribution is -2.15. The molecule has 1 aromatic heterocycles. The van der Waals surface area contributed by atoms with Crippen LogP contribution in [-0.4, -0.2) is 17.3 Å². The molecule has 0 radical (unpaired) electrons. The molecule has 0 aliphatic rings. The SMILES string of the molecule is CC(CCCN)C(=O)Cc1nccs1. The summed E-state index contributed by atoms with van der Waals surface area (Å²) in [6.07, 6.45) is 4.02. The third-order valence-electron chi connectivity index (χ3n) is 2.20. The Morgan fingerprint density at radius 1 is 1.71 bits per heavy atom. The first-order valence-electron chi connectivity index (χ1n) is 4.85. The fraction of sp³-hybridized carbons (Fsp3) is 0.600. The van der Waals surface area contributed by atoms with E-state index >= 15 is 0 Å². The first-order chi connectivity index (χ1) is 6.74. The zero-order valence-corrected chi connectivity index (χ0v) is 9.22. The van der Waals surface area contributed by atoms with Crippen LogP contribution in [-0.2, 0) is 11.2 Å². The Bertz CT molecular complexity index is 272. The molecule has 1 heterocycles. The van der Waals surface area contributed by atoms with Crippen molar-refractivity contribution in [2.24, 2.45) is 11.7 Å². The summed E-state index contributed by atoms with van der Waals surface area (Å²) >= 11 is 1.54. The molecule has 1 unspecified atom stereocenters. The van der Waals surface area contributed by atoms with Gasteiger partial charge in [0.25, 0.3) is 0 Å². The van der Waals surface area contributed by atoms with Crippen molar-refractivity contribution in [2.45, 2.75) is 26.2 Å². The van der Waals surface area contributed by atoms with Crippen molar-refractivity contribution < 1.29 is 4.79 Å². The van der Waals surface area contributed by atoms with Crippen LogP contribution >= 0.6 is 11.3 Å². The van der Waals surface area contributed by atoms with E-state index in [1.165, 1.54) is 11.3 Å². The summed E-state index contributed by atoms with van der Waals surface area (Å²) in [6, 6.07) is 0. The Morgan fingerprint density at radius 3 is 3.07 bits per heavy atom. The number of hydrogen-bond acceptors (Lipinski definition) is 4. The van der Waals surface area contributed by atoms with Crippen molar-refractivity contribution in [3.05, 3.63) is 16.6 Å². The second-order valence-corrected chi connectivity index (χ2v) is 4.38. The van der Waals surface area contributed by atoms with Crippen LogP contribution in [0.3, 0.4) is 0 Å². The van der Waals surface area contributed by atoms with E-state index in [9.17, 15) is 4.79 Å². The Labute approximate surface area is 88.3 Å². The number of aromatic nitrogens is 1. The number of Topliss-reactive ketones (excluding diaryl/α,β-unsaturated/α-hetero) is 1. The van der Waals surface area contributed by atoms with Crippen LogP contribution in [0.25, 0.3) is 0 Å². The van der Waals surface area contributed by atoms with Crippen molar-refractivity contribution in [1.29, 1.82) is 0 Å². The Morgan fingerprint density at radius 2 is 2.50 bits per heavy atom. The number of carbonyl (C=O) groups is 1. The average molecular weight is 212 g/mol. The molecular formula is C10H16N2OS. The molecule has 0 fully saturated rings. The van der Waals surface area contributed by atoms with Gasteiger partial charge in [-0.05, 0) is 19.4 Å². The molecule has 0 saturated heterocycles. The molecule has 0 spiro atoms. The average Bonchev–Trinajstić information content (AvgIpc) is 2.66. The quantitative estimate of drug-likeness (QED) is 0.779. The molecule has 1 aromatic rings. The number of thiazole rings is 1. The third-order valence-corrected chi connectivity index (χ3v) is 2.98. The maximum absolute atomic E-state index is 11.6. The second-order valence-electron chi connectivity index (χ2n) is 3.40. The summed E-state index contributed by atoms with van der Waals surface area (Å²) in [4.78, 5) is 15.7. The zero-order valence-electron chi connectivity index (χ0n) is 8.40. The third kappa shape index (κ3) is 3.55. The van der Waals surface area contributed by atoms with Gasteiger partial charge in [-0.2, -0.15) is 0 Å². The largest absolute Gasteiger partial charge is 0.330 e. The van der Waals surface area contributed by atoms with Gasteiger partial charge in [0.1, 0.15) is 5.78 Å². The fourth-order valence-corrected chi connectivity index (χ4v) is 1.87. The molecule has 0 saturated carbocycles. The Kier molecular flexibility index (Phi) is 4.76. The van der Waals surface area contributed by atoms with Crippen LogP contribution in [0.5, 0.6) is 0 Å². The summed E-state index contributed by atoms with van der Waals surface area (Å²) < 4.78 is 0. The van der Waals surface area contributed by atoms with E-state index in [0.29, 0.717) is 13.0 Å². The van der Waals surface area contributed by atoms with Gasteiger partial charge in [0.15, 0.2) is 0 Å². The van der Waals surface area contributed by atoms with Gasteiger partial charge in [-0.15, -0.1) is 11.3 Å². The highest BCUT2D eigenvalue weighted by Gasteiger charge is 2.13. The van der Waals surface area contributed by atoms with Crippen molar-refractivity contribution in [3.8, 4) is 0 Å². The monoisotopic (exact) mass is 212 g/mol. The molecule has 0 aromatic carbocycles. The van der Waals surface area contributed by atoms with Crippen LogP contribution in [0.2, 0.25) is 0 Å². The summed E-state index contributed by atoms with van der Waals surface area (Å²) in [5.74, 6) is 0.385. The second kappa shape index (κ2) is 5.88. The molecule has 1 rings (SSSR count). The fourth-order valence-electron chi connectivity index (χ4n) is 1.25. The first-order valence-corrected chi connectivity index (χ1v) is 5.73. The predicted molar refractivity (Wildman–Crippen MR) is 58.3 cm³/mol.